The zero-order valence-corrected chi connectivity index (χ0v) is 29.1. The fourth-order valence-electron chi connectivity index (χ4n) is 10.4. The number of hydrogen-bond acceptors (Lipinski definition) is 0. The van der Waals surface area contributed by atoms with E-state index < -0.39 is 0 Å². The van der Waals surface area contributed by atoms with E-state index in [0.29, 0.717) is 10.8 Å². The molecule has 0 aromatic rings. The third-order valence-corrected chi connectivity index (χ3v) is 12.8. The van der Waals surface area contributed by atoms with Gasteiger partial charge in [-0.25, -0.2) is 0 Å². The Hall–Kier alpha value is 0. The molecule has 0 radical (unpaired) electrons. The second kappa shape index (κ2) is 17.2. The minimum Gasteiger partial charge on any atom is -0.0654 e. The molecule has 4 aliphatic rings. The van der Waals surface area contributed by atoms with Crippen molar-refractivity contribution < 1.29 is 0 Å². The molecule has 0 spiro atoms. The van der Waals surface area contributed by atoms with Crippen LogP contribution < -0.4 is 0 Å². The van der Waals surface area contributed by atoms with Crippen molar-refractivity contribution in [1.29, 1.82) is 0 Å². The second-order valence-electron chi connectivity index (χ2n) is 16.1. The van der Waals surface area contributed by atoms with Crippen LogP contribution in [0.25, 0.3) is 0 Å². The van der Waals surface area contributed by atoms with E-state index in [2.05, 4.69) is 69.2 Å². The predicted octanol–water partition coefficient (Wildman–Crippen LogP) is 13.5. The van der Waals surface area contributed by atoms with Gasteiger partial charge in [-0.2, -0.15) is 0 Å². The van der Waals surface area contributed by atoms with Gasteiger partial charge in [0.1, 0.15) is 0 Å². The highest BCUT2D eigenvalue weighted by Crippen LogP contribution is 2.68. The maximum absolute atomic E-state index is 2.75. The highest BCUT2D eigenvalue weighted by Gasteiger charge is 2.60. The Morgan fingerprint density at radius 3 is 1.77 bits per heavy atom. The largest absolute Gasteiger partial charge is 0.0654 e. The van der Waals surface area contributed by atoms with E-state index in [9.17, 15) is 0 Å². The first-order valence-electron chi connectivity index (χ1n) is 18.6. The molecule has 0 amide bonds. The topological polar surface area (TPSA) is 0 Å². The minimum absolute atomic E-state index is 0.670. The third-order valence-electron chi connectivity index (χ3n) is 12.8. The van der Waals surface area contributed by atoms with Gasteiger partial charge in [0.05, 0.1) is 0 Å². The van der Waals surface area contributed by atoms with Crippen LogP contribution in [-0.4, -0.2) is 0 Å². The van der Waals surface area contributed by atoms with Crippen LogP contribution in [0.5, 0.6) is 0 Å². The number of hydrogen-bond donors (Lipinski definition) is 0. The lowest BCUT2D eigenvalue weighted by molar-refractivity contribution is -0.120. The van der Waals surface area contributed by atoms with E-state index in [1.54, 1.807) is 44.9 Å². The summed E-state index contributed by atoms with van der Waals surface area (Å²) < 4.78 is 0. The van der Waals surface area contributed by atoms with Gasteiger partial charge < -0.3 is 0 Å². The zero-order valence-electron chi connectivity index (χ0n) is 29.1. The zero-order chi connectivity index (χ0) is 29.1. The maximum atomic E-state index is 2.75. The highest BCUT2D eigenvalue weighted by molar-refractivity contribution is 5.09. The highest BCUT2D eigenvalue weighted by atomic mass is 14.6. The van der Waals surface area contributed by atoms with Crippen LogP contribution in [0.4, 0.5) is 0 Å². The summed E-state index contributed by atoms with van der Waals surface area (Å²) in [5.74, 6) is 8.08. The maximum Gasteiger partial charge on any atom is -0.0264 e. The van der Waals surface area contributed by atoms with Crippen LogP contribution in [0, 0.1) is 58.2 Å². The quantitative estimate of drug-likeness (QED) is 0.240. The Morgan fingerprint density at radius 1 is 0.615 bits per heavy atom. The van der Waals surface area contributed by atoms with Crippen LogP contribution in [0.1, 0.15) is 191 Å². The lowest BCUT2D eigenvalue weighted by Crippen LogP contribution is -2.53. The fourth-order valence-corrected chi connectivity index (χ4v) is 10.4. The summed E-state index contributed by atoms with van der Waals surface area (Å²) in [6, 6.07) is 0. The summed E-state index contributed by atoms with van der Waals surface area (Å²) in [5.41, 5.74) is 1.36. The molecule has 39 heavy (non-hydrogen) atoms. The molecular formula is C39H76. The normalized spacial score (nSPS) is 37.9. The van der Waals surface area contributed by atoms with Gasteiger partial charge in [0, 0.05) is 0 Å². The van der Waals surface area contributed by atoms with Crippen LogP contribution in [0.3, 0.4) is 0 Å². The fraction of sp³-hybridized carbons (Fsp3) is 1.00. The number of rotatable bonds is 10. The molecule has 4 aliphatic carbocycles. The first-order valence-corrected chi connectivity index (χ1v) is 18.6. The summed E-state index contributed by atoms with van der Waals surface area (Å²) in [6.07, 6.45) is 27.9. The Labute approximate surface area is 249 Å². The van der Waals surface area contributed by atoms with Gasteiger partial charge in [-0.05, 0) is 110 Å². The van der Waals surface area contributed by atoms with Crippen LogP contribution in [0.2, 0.25) is 0 Å². The molecule has 0 aromatic carbocycles. The average Bonchev–Trinajstić information content (AvgIpc) is 3.26. The third kappa shape index (κ3) is 9.24. The van der Waals surface area contributed by atoms with Crippen LogP contribution in [-0.2, 0) is 0 Å². The number of fused-ring (bicyclic) bond motifs is 5. The van der Waals surface area contributed by atoms with E-state index in [-0.39, 0.29) is 0 Å². The summed E-state index contributed by atoms with van der Waals surface area (Å²) in [7, 11) is 0. The Morgan fingerprint density at radius 2 is 1.21 bits per heavy atom. The molecule has 9 unspecified atom stereocenters. The van der Waals surface area contributed by atoms with Crippen molar-refractivity contribution in [2.75, 3.05) is 0 Å². The standard InChI is InChI=1S/C28H50.C6H14.C5H12/c1-19(2)8-7-9-21(4)24-12-13-25-23-11-10-22-18-20(3)14-16-27(22,5)26(23)15-17-28(24,25)6;1-3-5-6-4-2;1-3-5-4-2/h19-26H,7-18H2,1-6H3;3-6H2,1-2H3;3-5H2,1-2H3. The van der Waals surface area contributed by atoms with Crippen molar-refractivity contribution in [3.8, 4) is 0 Å². The van der Waals surface area contributed by atoms with Gasteiger partial charge in [-0.3, -0.25) is 0 Å². The summed E-state index contributed by atoms with van der Waals surface area (Å²) in [5, 5.41) is 0. The molecule has 232 valence electrons. The monoisotopic (exact) mass is 545 g/mol. The van der Waals surface area contributed by atoms with Gasteiger partial charge in [0.15, 0.2) is 0 Å². The van der Waals surface area contributed by atoms with Gasteiger partial charge in [-0.15, -0.1) is 0 Å². The Kier molecular flexibility index (Phi) is 15.5. The molecule has 4 rings (SSSR count). The molecule has 0 bridgehead atoms. The molecule has 4 saturated carbocycles. The lowest BCUT2D eigenvalue weighted by atomic mass is 9.44. The Bertz CT molecular complexity index is 628. The van der Waals surface area contributed by atoms with E-state index in [0.717, 1.165) is 47.3 Å². The van der Waals surface area contributed by atoms with Gasteiger partial charge >= 0.3 is 0 Å². The van der Waals surface area contributed by atoms with Gasteiger partial charge in [0.25, 0.3) is 0 Å². The second-order valence-corrected chi connectivity index (χ2v) is 16.1. The molecule has 0 aromatic heterocycles. The predicted molar refractivity (Wildman–Crippen MR) is 177 cm³/mol. The van der Waals surface area contributed by atoms with E-state index in [1.807, 2.05) is 0 Å². The molecule has 0 N–H and O–H groups in total. The molecule has 9 atom stereocenters. The van der Waals surface area contributed by atoms with E-state index >= 15 is 0 Å². The van der Waals surface area contributed by atoms with E-state index in [4.69, 9.17) is 0 Å². The summed E-state index contributed by atoms with van der Waals surface area (Å²) in [4.78, 5) is 0. The molecule has 0 aliphatic heterocycles. The summed E-state index contributed by atoms with van der Waals surface area (Å²) in [6.45, 7) is 24.3. The van der Waals surface area contributed by atoms with Gasteiger partial charge in [-0.1, -0.05) is 140 Å². The molecule has 0 saturated heterocycles. The molecular weight excluding hydrogens is 468 g/mol. The SMILES string of the molecule is CC(C)CCCC(C)C1CCC2C3CCC4CC(C)CCC4(C)C3CCC12C.CCCCC.CCCCCC. The number of unbranched alkanes of at least 4 members (excludes halogenated alkanes) is 5. The van der Waals surface area contributed by atoms with Crippen molar-refractivity contribution in [3.05, 3.63) is 0 Å². The summed E-state index contributed by atoms with van der Waals surface area (Å²) >= 11 is 0. The Balaban J connectivity index is 0.000000412. The first kappa shape index (κ1) is 35.2. The molecule has 0 heteroatoms. The van der Waals surface area contributed by atoms with E-state index in [1.165, 1.54) is 77.0 Å². The van der Waals surface area contributed by atoms with Crippen molar-refractivity contribution in [2.45, 2.75) is 191 Å². The molecule has 4 fully saturated rings. The van der Waals surface area contributed by atoms with Gasteiger partial charge in [0.2, 0.25) is 0 Å². The average molecular weight is 545 g/mol. The van der Waals surface area contributed by atoms with Crippen LogP contribution in [0.15, 0.2) is 0 Å². The smallest absolute Gasteiger partial charge is 0.0264 e. The van der Waals surface area contributed by atoms with Crippen LogP contribution >= 0.6 is 0 Å². The first-order chi connectivity index (χ1) is 18.6. The molecule has 0 nitrogen and oxygen atoms in total. The molecule has 0 heterocycles. The van der Waals surface area contributed by atoms with Crippen molar-refractivity contribution in [3.63, 3.8) is 0 Å². The lowest BCUT2D eigenvalue weighted by Gasteiger charge is -2.61. The van der Waals surface area contributed by atoms with Crippen molar-refractivity contribution in [2.24, 2.45) is 58.2 Å². The van der Waals surface area contributed by atoms with Crippen molar-refractivity contribution in [1.82, 2.24) is 0 Å². The minimum atomic E-state index is 0.670. The van der Waals surface area contributed by atoms with Crippen molar-refractivity contribution >= 4 is 0 Å².